The van der Waals surface area contributed by atoms with Crippen molar-refractivity contribution in [2.75, 3.05) is 20.8 Å². The first-order valence-corrected chi connectivity index (χ1v) is 7.69. The Kier molecular flexibility index (Phi) is 5.72. The van der Waals surface area contributed by atoms with E-state index < -0.39 is 0 Å². The van der Waals surface area contributed by atoms with Gasteiger partial charge in [0.25, 0.3) is 0 Å². The van der Waals surface area contributed by atoms with Gasteiger partial charge in [0, 0.05) is 6.04 Å². The van der Waals surface area contributed by atoms with E-state index in [-0.39, 0.29) is 0 Å². The molecular formula is C17H27NO2. The predicted octanol–water partition coefficient (Wildman–Crippen LogP) is 3.48. The molecule has 0 bridgehead atoms. The Morgan fingerprint density at radius 3 is 2.40 bits per heavy atom. The number of hydrogen-bond donors (Lipinski definition) is 1. The summed E-state index contributed by atoms with van der Waals surface area (Å²) in [5.41, 5.74) is 2.66. The molecule has 1 saturated carbocycles. The van der Waals surface area contributed by atoms with Gasteiger partial charge in [0.05, 0.1) is 14.2 Å². The molecule has 0 aliphatic heterocycles. The van der Waals surface area contributed by atoms with E-state index in [1.54, 1.807) is 14.2 Å². The molecule has 1 aromatic carbocycles. The summed E-state index contributed by atoms with van der Waals surface area (Å²) in [7, 11) is 3.38. The van der Waals surface area contributed by atoms with E-state index in [0.717, 1.165) is 24.0 Å². The van der Waals surface area contributed by atoms with Gasteiger partial charge in [-0.25, -0.2) is 0 Å². The van der Waals surface area contributed by atoms with Crippen molar-refractivity contribution < 1.29 is 9.47 Å². The van der Waals surface area contributed by atoms with Crippen molar-refractivity contribution in [3.63, 3.8) is 0 Å². The van der Waals surface area contributed by atoms with E-state index in [4.69, 9.17) is 9.47 Å². The number of nitrogens with one attached hydrogen (secondary N) is 1. The lowest BCUT2D eigenvalue weighted by Crippen LogP contribution is -2.17. The molecule has 20 heavy (non-hydrogen) atoms. The Hall–Kier alpha value is -1.22. The zero-order valence-electron chi connectivity index (χ0n) is 13.0. The molecule has 0 saturated heterocycles. The number of unbranched alkanes of at least 4 members (excludes halogenated alkanes) is 2. The third kappa shape index (κ3) is 4.41. The van der Waals surface area contributed by atoms with Crippen molar-refractivity contribution in [1.29, 1.82) is 0 Å². The molecule has 1 aliphatic rings. The van der Waals surface area contributed by atoms with Crippen LogP contribution in [-0.2, 0) is 6.42 Å². The minimum absolute atomic E-state index is 0.822. The zero-order chi connectivity index (χ0) is 14.4. The number of aryl methyl sites for hydroxylation is 2. The first-order chi connectivity index (χ1) is 9.74. The summed E-state index contributed by atoms with van der Waals surface area (Å²) < 4.78 is 10.7. The Labute approximate surface area is 122 Å². The van der Waals surface area contributed by atoms with E-state index in [1.165, 1.54) is 49.8 Å². The van der Waals surface area contributed by atoms with Crippen LogP contribution in [0.2, 0.25) is 0 Å². The van der Waals surface area contributed by atoms with E-state index in [9.17, 15) is 0 Å². The van der Waals surface area contributed by atoms with Crippen LogP contribution >= 0.6 is 0 Å². The van der Waals surface area contributed by atoms with Gasteiger partial charge >= 0.3 is 0 Å². The molecule has 1 N–H and O–H groups in total. The Balaban J connectivity index is 1.76. The van der Waals surface area contributed by atoms with Gasteiger partial charge in [-0.2, -0.15) is 0 Å². The fraction of sp³-hybridized carbons (Fsp3) is 0.647. The number of ether oxygens (including phenoxy) is 2. The SMILES string of the molecule is COc1cc(C)c(CCCCCNC2CC2)cc1OC. The molecule has 0 radical (unpaired) electrons. The minimum Gasteiger partial charge on any atom is -0.493 e. The summed E-state index contributed by atoms with van der Waals surface area (Å²) in [6, 6.07) is 5.03. The van der Waals surface area contributed by atoms with Crippen molar-refractivity contribution >= 4 is 0 Å². The molecular weight excluding hydrogens is 250 g/mol. The van der Waals surface area contributed by atoms with E-state index in [0.29, 0.717) is 0 Å². The van der Waals surface area contributed by atoms with Crippen molar-refractivity contribution in [2.24, 2.45) is 0 Å². The average Bonchev–Trinajstić information content (AvgIpc) is 3.27. The summed E-state index contributed by atoms with van der Waals surface area (Å²) in [4.78, 5) is 0. The number of hydrogen-bond acceptors (Lipinski definition) is 3. The smallest absolute Gasteiger partial charge is 0.161 e. The van der Waals surface area contributed by atoms with E-state index >= 15 is 0 Å². The average molecular weight is 277 g/mol. The molecule has 112 valence electrons. The van der Waals surface area contributed by atoms with Crippen LogP contribution in [0.25, 0.3) is 0 Å². The molecule has 0 atom stereocenters. The number of methoxy groups -OCH3 is 2. The maximum Gasteiger partial charge on any atom is 0.161 e. The first-order valence-electron chi connectivity index (χ1n) is 7.69. The molecule has 1 aromatic rings. The van der Waals surface area contributed by atoms with Crippen LogP contribution in [0.3, 0.4) is 0 Å². The minimum atomic E-state index is 0.822. The topological polar surface area (TPSA) is 30.5 Å². The Morgan fingerprint density at radius 1 is 1.05 bits per heavy atom. The van der Waals surface area contributed by atoms with Gasteiger partial charge in [0.15, 0.2) is 11.5 Å². The number of benzene rings is 1. The molecule has 0 heterocycles. The summed E-state index contributed by atoms with van der Waals surface area (Å²) >= 11 is 0. The lowest BCUT2D eigenvalue weighted by molar-refractivity contribution is 0.354. The second-order valence-electron chi connectivity index (χ2n) is 5.67. The third-order valence-corrected chi connectivity index (χ3v) is 3.98. The monoisotopic (exact) mass is 277 g/mol. The second-order valence-corrected chi connectivity index (χ2v) is 5.67. The summed E-state index contributed by atoms with van der Waals surface area (Å²) in [5.74, 6) is 1.66. The summed E-state index contributed by atoms with van der Waals surface area (Å²) in [6.45, 7) is 3.32. The fourth-order valence-electron chi connectivity index (χ4n) is 2.50. The van der Waals surface area contributed by atoms with Gasteiger partial charge in [-0.05, 0) is 68.8 Å². The standard InChI is InChI=1S/C17H27NO2/c1-13-11-16(19-2)17(20-3)12-14(13)7-5-4-6-10-18-15-8-9-15/h11-12,15,18H,4-10H2,1-3H3. The fourth-order valence-corrected chi connectivity index (χ4v) is 2.50. The van der Waals surface area contributed by atoms with Crippen LogP contribution in [-0.4, -0.2) is 26.8 Å². The maximum absolute atomic E-state index is 5.38. The molecule has 3 heteroatoms. The Morgan fingerprint density at radius 2 is 1.75 bits per heavy atom. The quantitative estimate of drug-likeness (QED) is 0.701. The van der Waals surface area contributed by atoms with Crippen LogP contribution in [0.15, 0.2) is 12.1 Å². The molecule has 1 fully saturated rings. The highest BCUT2D eigenvalue weighted by Gasteiger charge is 2.19. The van der Waals surface area contributed by atoms with Crippen molar-refractivity contribution in [3.8, 4) is 11.5 Å². The van der Waals surface area contributed by atoms with E-state index in [2.05, 4.69) is 24.4 Å². The van der Waals surface area contributed by atoms with Crippen molar-refractivity contribution in [2.45, 2.75) is 51.5 Å². The third-order valence-electron chi connectivity index (χ3n) is 3.98. The van der Waals surface area contributed by atoms with Gasteiger partial charge in [0.1, 0.15) is 0 Å². The molecule has 0 spiro atoms. The Bertz CT molecular complexity index is 427. The van der Waals surface area contributed by atoms with Gasteiger partial charge < -0.3 is 14.8 Å². The number of rotatable bonds is 9. The predicted molar refractivity (Wildman–Crippen MR) is 82.9 cm³/mol. The lowest BCUT2D eigenvalue weighted by atomic mass is 10.0. The maximum atomic E-state index is 5.38. The summed E-state index contributed by atoms with van der Waals surface area (Å²) in [6.07, 6.45) is 7.68. The molecule has 3 nitrogen and oxygen atoms in total. The first kappa shape index (κ1) is 15.2. The van der Waals surface area contributed by atoms with Crippen molar-refractivity contribution in [1.82, 2.24) is 5.32 Å². The highest BCUT2D eigenvalue weighted by atomic mass is 16.5. The van der Waals surface area contributed by atoms with E-state index in [1.807, 2.05) is 0 Å². The van der Waals surface area contributed by atoms with Crippen LogP contribution < -0.4 is 14.8 Å². The molecule has 2 rings (SSSR count). The van der Waals surface area contributed by atoms with Gasteiger partial charge in [-0.3, -0.25) is 0 Å². The van der Waals surface area contributed by atoms with Gasteiger partial charge in [-0.1, -0.05) is 6.42 Å². The normalized spacial score (nSPS) is 14.3. The molecule has 0 amide bonds. The lowest BCUT2D eigenvalue weighted by Gasteiger charge is -2.12. The van der Waals surface area contributed by atoms with Gasteiger partial charge in [-0.15, -0.1) is 0 Å². The van der Waals surface area contributed by atoms with Crippen molar-refractivity contribution in [3.05, 3.63) is 23.3 Å². The highest BCUT2D eigenvalue weighted by Crippen LogP contribution is 2.30. The van der Waals surface area contributed by atoms with Gasteiger partial charge in [0.2, 0.25) is 0 Å². The highest BCUT2D eigenvalue weighted by molar-refractivity contribution is 5.47. The van der Waals surface area contributed by atoms with Crippen LogP contribution in [0, 0.1) is 6.92 Å². The van der Waals surface area contributed by atoms with Crippen LogP contribution in [0.5, 0.6) is 11.5 Å². The summed E-state index contributed by atoms with van der Waals surface area (Å²) in [5, 5.41) is 3.56. The molecule has 1 aliphatic carbocycles. The zero-order valence-corrected chi connectivity index (χ0v) is 13.0. The molecule has 0 unspecified atom stereocenters. The van der Waals surface area contributed by atoms with Crippen LogP contribution in [0.4, 0.5) is 0 Å². The molecule has 0 aromatic heterocycles. The van der Waals surface area contributed by atoms with Crippen LogP contribution in [0.1, 0.15) is 43.2 Å². The second kappa shape index (κ2) is 7.53. The largest absolute Gasteiger partial charge is 0.493 e.